The summed E-state index contributed by atoms with van der Waals surface area (Å²) in [5.74, 6) is -4.45. The molecule has 1 amide bonds. The highest BCUT2D eigenvalue weighted by molar-refractivity contribution is 7.92. The highest BCUT2D eigenvalue weighted by Gasteiger charge is 2.48. The van der Waals surface area contributed by atoms with Gasteiger partial charge in [-0.25, -0.2) is 36.4 Å². The van der Waals surface area contributed by atoms with Gasteiger partial charge in [0, 0.05) is 24.3 Å². The van der Waals surface area contributed by atoms with Crippen molar-refractivity contribution >= 4 is 44.9 Å². The first-order valence-electron chi connectivity index (χ1n) is 13.8. The van der Waals surface area contributed by atoms with Gasteiger partial charge in [-0.1, -0.05) is 32.0 Å². The molecule has 2 unspecified atom stereocenters. The SMILES string of the molecule is COC(=O)NC(C)CNc1nccc(C2=C(c3cccc(NS(=O)(=O)c4c(F)cccc4F)c3F)C(=O)C(C)(CC(C)C)O2)n1. The van der Waals surface area contributed by atoms with Crippen LogP contribution in [0.5, 0.6) is 0 Å². The molecular formula is C30H32F3N5O6S. The Morgan fingerprint density at radius 2 is 1.73 bits per heavy atom. The normalized spacial score (nSPS) is 17.2. The first-order valence-corrected chi connectivity index (χ1v) is 15.3. The number of nitrogens with one attached hydrogen (secondary N) is 3. The minimum absolute atomic E-state index is 0.00960. The lowest BCUT2D eigenvalue weighted by Gasteiger charge is -2.25. The Balaban J connectivity index is 1.77. The third-order valence-electron chi connectivity index (χ3n) is 6.76. The molecule has 1 aromatic heterocycles. The van der Waals surface area contributed by atoms with E-state index in [2.05, 4.69) is 25.3 Å². The number of aromatic nitrogens is 2. The maximum absolute atomic E-state index is 16.1. The van der Waals surface area contributed by atoms with Gasteiger partial charge in [0.05, 0.1) is 18.4 Å². The van der Waals surface area contributed by atoms with Gasteiger partial charge in [0.25, 0.3) is 10.0 Å². The van der Waals surface area contributed by atoms with E-state index in [1.807, 2.05) is 18.6 Å². The lowest BCUT2D eigenvalue weighted by Crippen LogP contribution is -2.37. The van der Waals surface area contributed by atoms with Crippen LogP contribution in [-0.4, -0.2) is 55.6 Å². The van der Waals surface area contributed by atoms with Crippen molar-refractivity contribution in [2.45, 2.75) is 50.7 Å². The Kier molecular flexibility index (Phi) is 9.71. The van der Waals surface area contributed by atoms with Gasteiger partial charge in [-0.15, -0.1) is 0 Å². The van der Waals surface area contributed by atoms with Gasteiger partial charge in [-0.2, -0.15) is 0 Å². The van der Waals surface area contributed by atoms with Crippen LogP contribution in [0.4, 0.5) is 29.6 Å². The molecular weight excluding hydrogens is 615 g/mol. The number of alkyl carbamates (subject to hydrolysis) is 1. The van der Waals surface area contributed by atoms with Crippen molar-refractivity contribution in [1.29, 1.82) is 0 Å². The molecule has 11 nitrogen and oxygen atoms in total. The number of methoxy groups -OCH3 is 1. The molecule has 240 valence electrons. The molecule has 0 fully saturated rings. The molecule has 45 heavy (non-hydrogen) atoms. The van der Waals surface area contributed by atoms with E-state index >= 15 is 4.39 Å². The van der Waals surface area contributed by atoms with E-state index < -0.39 is 55.5 Å². The Morgan fingerprint density at radius 1 is 1.07 bits per heavy atom. The lowest BCUT2D eigenvalue weighted by atomic mass is 9.86. The summed E-state index contributed by atoms with van der Waals surface area (Å²) in [7, 11) is -3.68. The smallest absolute Gasteiger partial charge is 0.407 e. The predicted octanol–water partition coefficient (Wildman–Crippen LogP) is 5.12. The summed E-state index contributed by atoms with van der Waals surface area (Å²) in [6.45, 7) is 7.25. The second kappa shape index (κ2) is 13.1. The summed E-state index contributed by atoms with van der Waals surface area (Å²) in [4.78, 5) is 32.7. The number of rotatable bonds is 11. The summed E-state index contributed by atoms with van der Waals surface area (Å²) in [5, 5.41) is 5.55. The number of ether oxygens (including phenoxy) is 2. The number of hydrogen-bond donors (Lipinski definition) is 3. The van der Waals surface area contributed by atoms with Crippen molar-refractivity contribution in [3.05, 3.63) is 77.4 Å². The predicted molar refractivity (Wildman–Crippen MR) is 160 cm³/mol. The average Bonchev–Trinajstić information content (AvgIpc) is 3.22. The van der Waals surface area contributed by atoms with Crippen LogP contribution in [0.1, 0.15) is 45.4 Å². The fraction of sp³-hybridized carbons (Fsp3) is 0.333. The number of carbonyl (C=O) groups is 2. The van der Waals surface area contributed by atoms with Gasteiger partial charge < -0.3 is 20.1 Å². The Hall–Kier alpha value is -4.66. The highest BCUT2D eigenvalue weighted by Crippen LogP contribution is 2.45. The topological polar surface area (TPSA) is 149 Å². The maximum atomic E-state index is 16.1. The molecule has 1 aliphatic rings. The standard InChI is InChI=1S/C30H32F3N5O6S/c1-16(2)14-30(4)27(39)23(25(44-30)22-12-13-34-28(37-22)35-15-17(3)36-29(40)43-5)18-8-6-11-21(24(18)33)38-45(41,42)26-19(31)9-7-10-20(26)32/h6-13,16-17,38H,14-15H2,1-5H3,(H,36,40)(H,34,35,37). The Bertz CT molecular complexity index is 1750. The Morgan fingerprint density at radius 3 is 2.38 bits per heavy atom. The number of ketones is 1. The van der Waals surface area contributed by atoms with Crippen LogP contribution in [0.25, 0.3) is 11.3 Å². The average molecular weight is 648 g/mol. The van der Waals surface area contributed by atoms with Crippen LogP contribution in [0, 0.1) is 23.4 Å². The van der Waals surface area contributed by atoms with Crippen LogP contribution in [0.2, 0.25) is 0 Å². The van der Waals surface area contributed by atoms with Crippen molar-refractivity contribution in [1.82, 2.24) is 15.3 Å². The lowest BCUT2D eigenvalue weighted by molar-refractivity contribution is -0.127. The second-order valence-corrected chi connectivity index (χ2v) is 12.6. The molecule has 2 heterocycles. The third kappa shape index (κ3) is 7.19. The summed E-state index contributed by atoms with van der Waals surface area (Å²) in [6.07, 6.45) is 1.03. The molecule has 0 saturated carbocycles. The van der Waals surface area contributed by atoms with Gasteiger partial charge in [-0.05, 0) is 50.5 Å². The largest absolute Gasteiger partial charge is 0.476 e. The molecule has 4 rings (SSSR count). The maximum Gasteiger partial charge on any atom is 0.407 e. The van der Waals surface area contributed by atoms with Gasteiger partial charge >= 0.3 is 6.09 Å². The van der Waals surface area contributed by atoms with Gasteiger partial charge in [0.15, 0.2) is 22.1 Å². The molecule has 0 aliphatic carbocycles. The van der Waals surface area contributed by atoms with E-state index in [0.717, 1.165) is 24.3 Å². The zero-order valence-corrected chi connectivity index (χ0v) is 25.9. The number of amides is 1. The van der Waals surface area contributed by atoms with Crippen LogP contribution in [-0.2, 0) is 24.3 Å². The van der Waals surface area contributed by atoms with Crippen molar-refractivity contribution in [2.75, 3.05) is 23.7 Å². The molecule has 0 saturated heterocycles. The van der Waals surface area contributed by atoms with Crippen molar-refractivity contribution in [3.8, 4) is 0 Å². The number of halogens is 3. The van der Waals surface area contributed by atoms with Crippen LogP contribution in [0.3, 0.4) is 0 Å². The van der Waals surface area contributed by atoms with E-state index in [1.165, 1.54) is 31.5 Å². The Labute approximate surface area is 258 Å². The van der Waals surface area contributed by atoms with E-state index in [9.17, 15) is 26.8 Å². The van der Waals surface area contributed by atoms with Crippen LogP contribution < -0.4 is 15.4 Å². The minimum atomic E-state index is -4.92. The summed E-state index contributed by atoms with van der Waals surface area (Å²) in [6, 6.07) is 7.18. The van der Waals surface area contributed by atoms with Crippen molar-refractivity contribution < 1.29 is 40.7 Å². The van der Waals surface area contributed by atoms with Crippen LogP contribution in [0.15, 0.2) is 53.6 Å². The molecule has 0 spiro atoms. The molecule has 3 aromatic rings. The fourth-order valence-corrected chi connectivity index (χ4v) is 6.09. The number of sulfonamides is 1. The first kappa shape index (κ1) is 33.2. The minimum Gasteiger partial charge on any atom is -0.476 e. The monoisotopic (exact) mass is 647 g/mol. The second-order valence-electron chi connectivity index (χ2n) is 11.0. The molecule has 1 aliphatic heterocycles. The molecule has 2 atom stereocenters. The number of carbonyl (C=O) groups excluding carboxylic acids is 2. The number of Topliss-reactive ketones (excluding diaryl/α,β-unsaturated/α-hetero) is 1. The number of nitrogens with zero attached hydrogens (tertiary/aromatic N) is 2. The number of hydrogen-bond acceptors (Lipinski definition) is 9. The summed E-state index contributed by atoms with van der Waals surface area (Å²) in [5.41, 5.74) is -2.48. The van der Waals surface area contributed by atoms with E-state index in [1.54, 1.807) is 13.8 Å². The molecule has 3 N–H and O–H groups in total. The van der Waals surface area contributed by atoms with Gasteiger partial charge in [0.2, 0.25) is 11.7 Å². The van der Waals surface area contributed by atoms with Crippen molar-refractivity contribution in [2.24, 2.45) is 5.92 Å². The van der Waals surface area contributed by atoms with Gasteiger partial charge in [-0.3, -0.25) is 9.52 Å². The van der Waals surface area contributed by atoms with Gasteiger partial charge in [0.1, 0.15) is 17.3 Å². The van der Waals surface area contributed by atoms with Crippen LogP contribution >= 0.6 is 0 Å². The highest BCUT2D eigenvalue weighted by atomic mass is 32.2. The molecule has 0 radical (unpaired) electrons. The third-order valence-corrected chi connectivity index (χ3v) is 8.18. The van der Waals surface area contributed by atoms with E-state index in [-0.39, 0.29) is 53.5 Å². The fourth-order valence-electron chi connectivity index (χ4n) is 4.89. The van der Waals surface area contributed by atoms with Crippen molar-refractivity contribution in [3.63, 3.8) is 0 Å². The van der Waals surface area contributed by atoms with E-state index in [4.69, 9.17) is 4.74 Å². The molecule has 15 heteroatoms. The quantitative estimate of drug-likeness (QED) is 0.258. The summed E-state index contributed by atoms with van der Waals surface area (Å²) >= 11 is 0. The zero-order valence-electron chi connectivity index (χ0n) is 25.1. The first-order chi connectivity index (χ1) is 21.2. The number of anilines is 2. The van der Waals surface area contributed by atoms with E-state index in [0.29, 0.717) is 0 Å². The molecule has 0 bridgehead atoms. The number of benzene rings is 2. The zero-order chi connectivity index (χ0) is 33.1. The molecule has 2 aromatic carbocycles. The summed E-state index contributed by atoms with van der Waals surface area (Å²) < 4.78 is 83.2.